The smallest absolute Gasteiger partial charge is 0.339 e. The van der Waals surface area contributed by atoms with E-state index < -0.39 is 10.1 Å². The normalized spacial score (nSPS) is 11.6. The van der Waals surface area contributed by atoms with Gasteiger partial charge in [0, 0.05) is 23.2 Å². The third-order valence-corrected chi connectivity index (χ3v) is 5.75. The van der Waals surface area contributed by atoms with Crippen molar-refractivity contribution >= 4 is 32.6 Å². The van der Waals surface area contributed by atoms with E-state index in [9.17, 15) is 8.42 Å². The number of aromatic nitrogens is 1. The average molecular weight is 398 g/mol. The highest BCUT2D eigenvalue weighted by Gasteiger charge is 2.19. The van der Waals surface area contributed by atoms with Crippen LogP contribution in [0.5, 0.6) is 5.75 Å². The molecule has 136 valence electrons. The number of hydrogen-bond acceptors (Lipinski definition) is 3. The third kappa shape index (κ3) is 3.70. The van der Waals surface area contributed by atoms with Gasteiger partial charge in [0.25, 0.3) is 0 Å². The Kier molecular flexibility index (Phi) is 4.64. The van der Waals surface area contributed by atoms with Gasteiger partial charge in [-0.05, 0) is 42.0 Å². The summed E-state index contributed by atoms with van der Waals surface area (Å²) >= 11 is 5.95. The summed E-state index contributed by atoms with van der Waals surface area (Å²) in [6.45, 7) is 0.576. The van der Waals surface area contributed by atoms with Gasteiger partial charge < -0.3 is 8.75 Å². The topological polar surface area (TPSA) is 48.3 Å². The van der Waals surface area contributed by atoms with E-state index in [4.69, 9.17) is 15.8 Å². The van der Waals surface area contributed by atoms with Crippen molar-refractivity contribution in [2.45, 2.75) is 11.4 Å². The maximum absolute atomic E-state index is 12.6. The predicted octanol–water partition coefficient (Wildman–Crippen LogP) is 5.11. The fourth-order valence-corrected chi connectivity index (χ4v) is 4.05. The Morgan fingerprint density at radius 1 is 0.852 bits per heavy atom. The summed E-state index contributed by atoms with van der Waals surface area (Å²) in [6, 6.07) is 23.0. The molecule has 0 amide bonds. The molecule has 0 fully saturated rings. The van der Waals surface area contributed by atoms with Gasteiger partial charge in [-0.3, -0.25) is 0 Å². The number of rotatable bonds is 5. The third-order valence-electron chi connectivity index (χ3n) is 4.25. The molecule has 6 heteroatoms. The first-order valence-electron chi connectivity index (χ1n) is 8.35. The molecule has 0 unspecified atom stereocenters. The minimum atomic E-state index is -3.91. The summed E-state index contributed by atoms with van der Waals surface area (Å²) < 4.78 is 32.7. The van der Waals surface area contributed by atoms with Crippen molar-refractivity contribution in [2.24, 2.45) is 0 Å². The molecule has 0 atom stereocenters. The molecule has 27 heavy (non-hydrogen) atoms. The lowest BCUT2D eigenvalue weighted by molar-refractivity contribution is 0.487. The molecule has 0 N–H and O–H groups in total. The van der Waals surface area contributed by atoms with Crippen molar-refractivity contribution in [1.29, 1.82) is 0 Å². The van der Waals surface area contributed by atoms with E-state index in [2.05, 4.69) is 0 Å². The zero-order chi connectivity index (χ0) is 18.9. The van der Waals surface area contributed by atoms with Gasteiger partial charge in [-0.15, -0.1) is 0 Å². The van der Waals surface area contributed by atoms with Gasteiger partial charge in [-0.1, -0.05) is 54.1 Å². The second-order valence-corrected chi connectivity index (χ2v) is 8.10. The summed E-state index contributed by atoms with van der Waals surface area (Å²) in [6.07, 6.45) is 1.92. The van der Waals surface area contributed by atoms with Gasteiger partial charge in [0.1, 0.15) is 4.90 Å². The summed E-state index contributed by atoms with van der Waals surface area (Å²) in [7, 11) is -3.91. The molecule has 0 bridgehead atoms. The molecular formula is C21H16ClNO3S. The Morgan fingerprint density at radius 3 is 2.33 bits per heavy atom. The lowest BCUT2D eigenvalue weighted by atomic mass is 10.2. The van der Waals surface area contributed by atoms with Crippen LogP contribution in [0.25, 0.3) is 10.9 Å². The molecule has 0 radical (unpaired) electrons. The van der Waals surface area contributed by atoms with Crippen LogP contribution in [0.3, 0.4) is 0 Å². The van der Waals surface area contributed by atoms with Crippen molar-refractivity contribution in [3.05, 3.63) is 95.6 Å². The van der Waals surface area contributed by atoms with E-state index in [1.54, 1.807) is 30.3 Å². The van der Waals surface area contributed by atoms with E-state index >= 15 is 0 Å². The van der Waals surface area contributed by atoms with Gasteiger partial charge in [-0.25, -0.2) is 0 Å². The molecule has 0 aliphatic heterocycles. The highest BCUT2D eigenvalue weighted by atomic mass is 35.5. The number of nitrogens with zero attached hydrogens (tertiary/aromatic N) is 1. The van der Waals surface area contributed by atoms with Crippen LogP contribution in [0.2, 0.25) is 5.02 Å². The fraction of sp³-hybridized carbons (Fsp3) is 0.0476. The lowest BCUT2D eigenvalue weighted by Crippen LogP contribution is -2.10. The zero-order valence-corrected chi connectivity index (χ0v) is 15.8. The predicted molar refractivity (Wildman–Crippen MR) is 107 cm³/mol. The number of hydrogen-bond donors (Lipinski definition) is 0. The van der Waals surface area contributed by atoms with E-state index in [-0.39, 0.29) is 4.90 Å². The molecule has 4 aromatic rings. The summed E-state index contributed by atoms with van der Waals surface area (Å²) in [5, 5.41) is 1.58. The first-order chi connectivity index (χ1) is 13.0. The zero-order valence-electron chi connectivity index (χ0n) is 14.2. The van der Waals surface area contributed by atoms with Crippen molar-refractivity contribution in [3.8, 4) is 5.75 Å². The number of para-hydroxylation sites is 1. The maximum Gasteiger partial charge on any atom is 0.339 e. The monoisotopic (exact) mass is 397 g/mol. The van der Waals surface area contributed by atoms with Gasteiger partial charge in [0.15, 0.2) is 5.75 Å². The van der Waals surface area contributed by atoms with Crippen LogP contribution in [-0.2, 0) is 16.7 Å². The highest BCUT2D eigenvalue weighted by molar-refractivity contribution is 7.87. The summed E-state index contributed by atoms with van der Waals surface area (Å²) in [5.41, 5.74) is 1.78. The minimum absolute atomic E-state index is 0.123. The number of fused-ring (bicyclic) bond motifs is 1. The molecule has 0 aliphatic rings. The molecule has 0 spiro atoms. The van der Waals surface area contributed by atoms with Crippen LogP contribution in [0.4, 0.5) is 0 Å². The molecule has 3 aromatic carbocycles. The van der Waals surface area contributed by atoms with Gasteiger partial charge >= 0.3 is 10.1 Å². The maximum atomic E-state index is 12.6. The molecule has 4 nitrogen and oxygen atoms in total. The van der Waals surface area contributed by atoms with Crippen molar-refractivity contribution in [2.75, 3.05) is 0 Å². The first kappa shape index (κ1) is 17.6. The van der Waals surface area contributed by atoms with Crippen LogP contribution in [0.15, 0.2) is 90.0 Å². The second-order valence-electron chi connectivity index (χ2n) is 6.11. The van der Waals surface area contributed by atoms with Crippen molar-refractivity contribution in [3.63, 3.8) is 0 Å². The Morgan fingerprint density at radius 2 is 1.59 bits per heavy atom. The SMILES string of the molecule is O=S(=O)(Oc1cccc2ccn(Cc3ccc(Cl)cc3)c12)c1ccccc1. The van der Waals surface area contributed by atoms with E-state index in [1.165, 1.54) is 12.1 Å². The molecule has 0 saturated carbocycles. The highest BCUT2D eigenvalue weighted by Crippen LogP contribution is 2.30. The molecule has 1 aromatic heterocycles. The van der Waals surface area contributed by atoms with Crippen molar-refractivity contribution < 1.29 is 12.6 Å². The van der Waals surface area contributed by atoms with Gasteiger partial charge in [-0.2, -0.15) is 8.42 Å². The standard InChI is InChI=1S/C21H16ClNO3S/c22-18-11-9-16(10-12-18)15-23-14-13-17-5-4-8-20(21(17)23)26-27(24,25)19-6-2-1-3-7-19/h1-14H,15H2. The molecule has 4 rings (SSSR count). The lowest BCUT2D eigenvalue weighted by Gasteiger charge is -2.12. The molecular weight excluding hydrogens is 382 g/mol. The fourth-order valence-electron chi connectivity index (χ4n) is 2.96. The van der Waals surface area contributed by atoms with Crippen LogP contribution < -0.4 is 4.18 Å². The van der Waals surface area contributed by atoms with Crippen LogP contribution in [-0.4, -0.2) is 13.0 Å². The van der Waals surface area contributed by atoms with Crippen LogP contribution >= 0.6 is 11.6 Å². The molecule has 0 saturated heterocycles. The Balaban J connectivity index is 1.73. The van der Waals surface area contributed by atoms with E-state index in [1.807, 2.05) is 47.2 Å². The van der Waals surface area contributed by atoms with Gasteiger partial charge in [0.2, 0.25) is 0 Å². The minimum Gasteiger partial charge on any atom is -0.377 e. The quantitative estimate of drug-likeness (QED) is 0.439. The van der Waals surface area contributed by atoms with E-state index in [0.717, 1.165) is 16.5 Å². The molecule has 0 aliphatic carbocycles. The first-order valence-corrected chi connectivity index (χ1v) is 10.1. The number of benzene rings is 3. The van der Waals surface area contributed by atoms with E-state index in [0.29, 0.717) is 17.3 Å². The van der Waals surface area contributed by atoms with Gasteiger partial charge in [0.05, 0.1) is 5.52 Å². The average Bonchev–Trinajstić information content (AvgIpc) is 3.08. The summed E-state index contributed by atoms with van der Waals surface area (Å²) in [4.78, 5) is 0.123. The van der Waals surface area contributed by atoms with Crippen LogP contribution in [0, 0.1) is 0 Å². The second kappa shape index (κ2) is 7.10. The Labute approximate surface area is 162 Å². The van der Waals surface area contributed by atoms with Crippen LogP contribution in [0.1, 0.15) is 5.56 Å². The molecule has 1 heterocycles. The Hall–Kier alpha value is -2.76. The summed E-state index contributed by atoms with van der Waals surface area (Å²) in [5.74, 6) is 0.301. The van der Waals surface area contributed by atoms with Crippen molar-refractivity contribution in [1.82, 2.24) is 4.57 Å². The Bertz CT molecular complexity index is 1180. The largest absolute Gasteiger partial charge is 0.377 e. The number of halogens is 1.